The molecule has 0 bridgehead atoms. The van der Waals surface area contributed by atoms with Crippen molar-refractivity contribution in [3.8, 4) is 0 Å². The first kappa shape index (κ1) is 11.1. The van der Waals surface area contributed by atoms with Gasteiger partial charge in [-0.1, -0.05) is 35.5 Å². The summed E-state index contributed by atoms with van der Waals surface area (Å²) < 4.78 is 0. The van der Waals surface area contributed by atoms with Crippen molar-refractivity contribution in [2.45, 2.75) is 23.6 Å². The van der Waals surface area contributed by atoms with E-state index < -0.39 is 0 Å². The minimum atomic E-state index is 0.859. The Morgan fingerprint density at radius 3 is 2.50 bits per heavy atom. The average Bonchev–Trinajstić information content (AvgIpc) is 2.25. The number of benzene rings is 2. The molecule has 16 heavy (non-hydrogen) atoms. The van der Waals surface area contributed by atoms with E-state index in [0.717, 1.165) is 11.3 Å². The van der Waals surface area contributed by atoms with Crippen LogP contribution in [-0.2, 0) is 0 Å². The second-order valence-corrected chi connectivity index (χ2v) is 5.00. The summed E-state index contributed by atoms with van der Waals surface area (Å²) in [4.78, 5) is 2.49. The molecule has 2 aromatic rings. The molecule has 0 aliphatic carbocycles. The average molecular weight is 229 g/mol. The molecule has 0 aromatic heterocycles. The van der Waals surface area contributed by atoms with E-state index in [2.05, 4.69) is 44.2 Å². The lowest BCUT2D eigenvalue weighted by molar-refractivity contribution is 1.29. The molecule has 1 nitrogen and oxygen atoms in total. The maximum absolute atomic E-state index is 5.89. The molecule has 2 heteroatoms. The van der Waals surface area contributed by atoms with Crippen LogP contribution in [0.1, 0.15) is 11.1 Å². The van der Waals surface area contributed by atoms with Crippen molar-refractivity contribution in [2.75, 3.05) is 5.73 Å². The predicted molar refractivity (Wildman–Crippen MR) is 70.9 cm³/mol. The standard InChI is InChI=1S/C14H15NS/c1-10-5-3-6-12(9-10)16-14-8-4-7-13(15)11(14)2/h3-9H,15H2,1-2H3. The summed E-state index contributed by atoms with van der Waals surface area (Å²) >= 11 is 1.76. The summed E-state index contributed by atoms with van der Waals surface area (Å²) in [7, 11) is 0. The molecule has 0 fully saturated rings. The molecule has 0 unspecified atom stereocenters. The Kier molecular flexibility index (Phi) is 3.20. The number of nitrogens with two attached hydrogens (primary N) is 1. The van der Waals surface area contributed by atoms with E-state index in [0.29, 0.717) is 0 Å². The SMILES string of the molecule is Cc1cccc(Sc2cccc(N)c2C)c1. The quantitative estimate of drug-likeness (QED) is 0.787. The van der Waals surface area contributed by atoms with Gasteiger partial charge in [-0.15, -0.1) is 0 Å². The zero-order chi connectivity index (χ0) is 11.5. The summed E-state index contributed by atoms with van der Waals surface area (Å²) in [5.41, 5.74) is 9.19. The normalized spacial score (nSPS) is 10.4. The van der Waals surface area contributed by atoms with Gasteiger partial charge in [0.1, 0.15) is 0 Å². The third kappa shape index (κ3) is 2.39. The molecule has 0 saturated heterocycles. The molecule has 2 aromatic carbocycles. The van der Waals surface area contributed by atoms with Crippen LogP contribution in [0.2, 0.25) is 0 Å². The number of hydrogen-bond acceptors (Lipinski definition) is 2. The summed E-state index contributed by atoms with van der Waals surface area (Å²) in [5, 5.41) is 0. The minimum absolute atomic E-state index is 0.859. The first-order valence-electron chi connectivity index (χ1n) is 5.26. The van der Waals surface area contributed by atoms with Gasteiger partial charge in [0.15, 0.2) is 0 Å². The molecule has 0 amide bonds. The third-order valence-electron chi connectivity index (χ3n) is 2.54. The second kappa shape index (κ2) is 4.62. The van der Waals surface area contributed by atoms with Crippen LogP contribution in [0, 0.1) is 13.8 Å². The van der Waals surface area contributed by atoms with Crippen LogP contribution in [0.4, 0.5) is 5.69 Å². The van der Waals surface area contributed by atoms with E-state index >= 15 is 0 Å². The van der Waals surface area contributed by atoms with Crippen LogP contribution in [0.5, 0.6) is 0 Å². The van der Waals surface area contributed by atoms with Crippen molar-refractivity contribution in [2.24, 2.45) is 0 Å². The van der Waals surface area contributed by atoms with Crippen LogP contribution in [0.3, 0.4) is 0 Å². The van der Waals surface area contributed by atoms with E-state index in [9.17, 15) is 0 Å². The number of nitrogen functional groups attached to an aromatic ring is 1. The summed E-state index contributed by atoms with van der Waals surface area (Å²) in [5.74, 6) is 0. The number of anilines is 1. The summed E-state index contributed by atoms with van der Waals surface area (Å²) in [6.07, 6.45) is 0. The first-order chi connectivity index (χ1) is 7.66. The molecule has 2 rings (SSSR count). The molecule has 0 heterocycles. The highest BCUT2D eigenvalue weighted by Crippen LogP contribution is 2.32. The number of hydrogen-bond donors (Lipinski definition) is 1. The Morgan fingerprint density at radius 2 is 1.75 bits per heavy atom. The Labute approximate surface area is 101 Å². The Balaban J connectivity index is 2.31. The smallest absolute Gasteiger partial charge is 0.0355 e. The van der Waals surface area contributed by atoms with Gasteiger partial charge in [-0.25, -0.2) is 0 Å². The fourth-order valence-corrected chi connectivity index (χ4v) is 2.61. The van der Waals surface area contributed by atoms with E-state index in [1.807, 2.05) is 12.1 Å². The number of rotatable bonds is 2. The van der Waals surface area contributed by atoms with Crippen LogP contribution in [-0.4, -0.2) is 0 Å². The van der Waals surface area contributed by atoms with Crippen LogP contribution >= 0.6 is 11.8 Å². The minimum Gasteiger partial charge on any atom is -0.398 e. The lowest BCUT2D eigenvalue weighted by Gasteiger charge is -2.08. The molecule has 0 saturated carbocycles. The van der Waals surface area contributed by atoms with Gasteiger partial charge in [0, 0.05) is 15.5 Å². The first-order valence-corrected chi connectivity index (χ1v) is 6.08. The molecule has 0 aliphatic heterocycles. The fraction of sp³-hybridized carbons (Fsp3) is 0.143. The van der Waals surface area contributed by atoms with E-state index in [4.69, 9.17) is 5.73 Å². The zero-order valence-electron chi connectivity index (χ0n) is 9.53. The summed E-state index contributed by atoms with van der Waals surface area (Å²) in [6, 6.07) is 14.6. The molecule has 0 aliphatic rings. The van der Waals surface area contributed by atoms with Gasteiger partial charge < -0.3 is 5.73 Å². The molecule has 0 atom stereocenters. The maximum atomic E-state index is 5.89. The van der Waals surface area contributed by atoms with Crippen molar-refractivity contribution in [1.82, 2.24) is 0 Å². The Hall–Kier alpha value is -1.41. The van der Waals surface area contributed by atoms with Crippen molar-refractivity contribution >= 4 is 17.4 Å². The van der Waals surface area contributed by atoms with Crippen molar-refractivity contribution < 1.29 is 0 Å². The lowest BCUT2D eigenvalue weighted by Crippen LogP contribution is -1.90. The van der Waals surface area contributed by atoms with Gasteiger partial charge in [0.05, 0.1) is 0 Å². The van der Waals surface area contributed by atoms with Crippen LogP contribution in [0.25, 0.3) is 0 Å². The summed E-state index contributed by atoms with van der Waals surface area (Å²) in [6.45, 7) is 4.17. The Bertz CT molecular complexity index is 506. The van der Waals surface area contributed by atoms with Gasteiger partial charge in [-0.05, 0) is 43.7 Å². The number of aryl methyl sites for hydroxylation is 1. The molecular formula is C14H15NS. The fourth-order valence-electron chi connectivity index (χ4n) is 1.55. The molecule has 82 valence electrons. The highest BCUT2D eigenvalue weighted by atomic mass is 32.2. The highest BCUT2D eigenvalue weighted by molar-refractivity contribution is 7.99. The second-order valence-electron chi connectivity index (χ2n) is 3.89. The molecule has 0 radical (unpaired) electrons. The van der Waals surface area contributed by atoms with Gasteiger partial charge in [0.2, 0.25) is 0 Å². The van der Waals surface area contributed by atoms with E-state index in [-0.39, 0.29) is 0 Å². The third-order valence-corrected chi connectivity index (χ3v) is 3.70. The highest BCUT2D eigenvalue weighted by Gasteiger charge is 2.03. The monoisotopic (exact) mass is 229 g/mol. The molecule has 0 spiro atoms. The van der Waals surface area contributed by atoms with Crippen molar-refractivity contribution in [3.05, 3.63) is 53.6 Å². The molecular weight excluding hydrogens is 214 g/mol. The Morgan fingerprint density at radius 1 is 1.00 bits per heavy atom. The zero-order valence-corrected chi connectivity index (χ0v) is 10.3. The lowest BCUT2D eigenvalue weighted by atomic mass is 10.2. The van der Waals surface area contributed by atoms with Gasteiger partial charge >= 0.3 is 0 Å². The largest absolute Gasteiger partial charge is 0.398 e. The van der Waals surface area contributed by atoms with E-state index in [1.165, 1.54) is 15.4 Å². The van der Waals surface area contributed by atoms with Gasteiger partial charge in [-0.3, -0.25) is 0 Å². The van der Waals surface area contributed by atoms with Crippen molar-refractivity contribution in [1.29, 1.82) is 0 Å². The van der Waals surface area contributed by atoms with Gasteiger partial charge in [0.25, 0.3) is 0 Å². The predicted octanol–water partition coefficient (Wildman–Crippen LogP) is 4.04. The van der Waals surface area contributed by atoms with Gasteiger partial charge in [-0.2, -0.15) is 0 Å². The van der Waals surface area contributed by atoms with Crippen LogP contribution in [0.15, 0.2) is 52.3 Å². The van der Waals surface area contributed by atoms with E-state index in [1.54, 1.807) is 11.8 Å². The topological polar surface area (TPSA) is 26.0 Å². The maximum Gasteiger partial charge on any atom is 0.0355 e. The molecule has 2 N–H and O–H groups in total. The van der Waals surface area contributed by atoms with Crippen LogP contribution < -0.4 is 5.73 Å². The van der Waals surface area contributed by atoms with Crippen molar-refractivity contribution in [3.63, 3.8) is 0 Å².